The van der Waals surface area contributed by atoms with Crippen LogP contribution in [0.5, 0.6) is 0 Å². The molecule has 8 aromatic carbocycles. The van der Waals surface area contributed by atoms with E-state index in [4.69, 9.17) is 24.9 Å². The molecule has 4 heterocycles. The third-order valence-corrected chi connectivity index (χ3v) is 10.5. The Morgan fingerprint density at radius 2 is 0.912 bits per heavy atom. The topological polar surface area (TPSA) is 61.7 Å². The largest absolute Gasteiger partial charge is 0.456 e. The molecule has 57 heavy (non-hydrogen) atoms. The molecule has 0 aliphatic rings. The van der Waals surface area contributed by atoms with Gasteiger partial charge < -0.3 is 8.98 Å². The molecule has 0 spiro atoms. The van der Waals surface area contributed by atoms with E-state index in [1.165, 1.54) is 4.57 Å². The Balaban J connectivity index is 1.29. The van der Waals surface area contributed by atoms with Gasteiger partial charge in [0.25, 0.3) is 0 Å². The molecule has 0 radical (unpaired) electrons. The van der Waals surface area contributed by atoms with Crippen molar-refractivity contribution in [3.63, 3.8) is 0 Å². The number of aromatic nitrogens is 5. The zero-order valence-electron chi connectivity index (χ0n) is 39.8. The standard InChI is InChI=1S/C51H31N5O/c1-4-14-32(15-5-1)35-24-26-39-40-27-25-36(31-46(40)57-45(39)30-35)55-43-22-12-10-20-37(43)41-28-29-42-38-21-11-13-23-44(38)56(48(42)47(41)55)51-53-49(33-16-6-2-7-17-33)52-50(54-51)34-18-8-3-9-19-34/h1-31H/i10D,11D,12D,13D,20D,21D,22D,23D,28D,29D. The summed E-state index contributed by atoms with van der Waals surface area (Å²) in [4.78, 5) is 14.8. The summed E-state index contributed by atoms with van der Waals surface area (Å²) in [7, 11) is 0. The van der Waals surface area contributed by atoms with Crippen LogP contribution in [0.1, 0.15) is 13.7 Å². The summed E-state index contributed by atoms with van der Waals surface area (Å²) in [6, 6.07) is 34.9. The fraction of sp³-hybridized carbons (Fsp3) is 0. The molecule has 0 bridgehead atoms. The second-order valence-corrected chi connectivity index (χ2v) is 13.7. The van der Waals surface area contributed by atoms with Gasteiger partial charge in [-0.05, 0) is 47.5 Å². The number of hydrogen-bond donors (Lipinski definition) is 0. The minimum Gasteiger partial charge on any atom is -0.456 e. The summed E-state index contributed by atoms with van der Waals surface area (Å²) >= 11 is 0. The maximum absolute atomic E-state index is 9.71. The third kappa shape index (κ3) is 4.87. The fourth-order valence-corrected chi connectivity index (χ4v) is 7.88. The lowest BCUT2D eigenvalue weighted by Crippen LogP contribution is -2.07. The van der Waals surface area contributed by atoms with Gasteiger partial charge in [-0.3, -0.25) is 4.57 Å². The summed E-state index contributed by atoms with van der Waals surface area (Å²) < 4.78 is 102. The molecule has 0 saturated carbocycles. The molecule has 0 fully saturated rings. The highest BCUT2D eigenvalue weighted by molar-refractivity contribution is 6.24. The Hall–Kier alpha value is -7.83. The monoisotopic (exact) mass is 739 g/mol. The van der Waals surface area contributed by atoms with Crippen molar-refractivity contribution < 1.29 is 18.1 Å². The summed E-state index contributed by atoms with van der Waals surface area (Å²) in [6.07, 6.45) is 0. The Kier molecular flexibility index (Phi) is 5.02. The third-order valence-electron chi connectivity index (χ3n) is 10.5. The van der Waals surface area contributed by atoms with Crippen molar-refractivity contribution in [3.8, 4) is 45.5 Å². The maximum Gasteiger partial charge on any atom is 0.238 e. The molecule has 12 aromatic rings. The quantitative estimate of drug-likeness (QED) is 0.176. The van der Waals surface area contributed by atoms with Gasteiger partial charge in [-0.2, -0.15) is 9.97 Å². The van der Waals surface area contributed by atoms with Crippen LogP contribution in [0.25, 0.3) is 111 Å². The lowest BCUT2D eigenvalue weighted by atomic mass is 10.0. The molecule has 0 saturated heterocycles. The van der Waals surface area contributed by atoms with Gasteiger partial charge in [0, 0.05) is 49.5 Å². The van der Waals surface area contributed by atoms with E-state index in [0.29, 0.717) is 28.0 Å². The van der Waals surface area contributed by atoms with Crippen LogP contribution in [0, 0.1) is 0 Å². The van der Waals surface area contributed by atoms with Crippen LogP contribution in [-0.4, -0.2) is 24.1 Å². The maximum atomic E-state index is 9.71. The number of fused-ring (bicyclic) bond motifs is 10. The summed E-state index contributed by atoms with van der Waals surface area (Å²) in [6.45, 7) is 0. The molecule has 0 aliphatic heterocycles. The highest BCUT2D eigenvalue weighted by atomic mass is 16.3. The van der Waals surface area contributed by atoms with Crippen molar-refractivity contribution >= 4 is 65.6 Å². The second kappa shape index (κ2) is 12.3. The number of para-hydroxylation sites is 2. The average molecular weight is 740 g/mol. The molecule has 0 atom stereocenters. The van der Waals surface area contributed by atoms with Crippen molar-refractivity contribution in [3.05, 3.63) is 188 Å². The van der Waals surface area contributed by atoms with E-state index in [-0.39, 0.29) is 61.2 Å². The lowest BCUT2D eigenvalue weighted by molar-refractivity contribution is 0.669. The van der Waals surface area contributed by atoms with Gasteiger partial charge in [0.15, 0.2) is 11.6 Å². The number of furan rings is 1. The Bertz CT molecular complexity index is 4040. The van der Waals surface area contributed by atoms with Crippen molar-refractivity contribution in [2.75, 3.05) is 0 Å². The summed E-state index contributed by atoms with van der Waals surface area (Å²) in [5.74, 6) is 0.408. The molecule has 0 N–H and O–H groups in total. The van der Waals surface area contributed by atoms with Gasteiger partial charge in [0.2, 0.25) is 5.95 Å². The van der Waals surface area contributed by atoms with Crippen LogP contribution < -0.4 is 0 Å². The van der Waals surface area contributed by atoms with E-state index < -0.39 is 60.4 Å². The van der Waals surface area contributed by atoms with Gasteiger partial charge in [0.05, 0.1) is 41.5 Å². The van der Waals surface area contributed by atoms with Crippen LogP contribution in [0.15, 0.2) is 192 Å². The molecule has 4 aromatic heterocycles. The zero-order chi connectivity index (χ0) is 46.2. The van der Waals surface area contributed by atoms with Gasteiger partial charge in [-0.15, -0.1) is 0 Å². The SMILES string of the molecule is [2H]c1c([2H])c([2H])c2c(c1[2H])c1c([2H])c([2H])c3c4c([2H])c([2H])c([2H])c([2H])c4n(-c4nc(-c5ccccc5)nc(-c5ccccc5)n4)c3c1n2-c1ccc2c(c1)oc1cc(-c3ccccc3)ccc12. The predicted molar refractivity (Wildman–Crippen MR) is 232 cm³/mol. The average Bonchev–Trinajstić information content (AvgIpc) is 4.04. The van der Waals surface area contributed by atoms with Gasteiger partial charge >= 0.3 is 0 Å². The zero-order valence-corrected chi connectivity index (χ0v) is 29.8. The van der Waals surface area contributed by atoms with Gasteiger partial charge in [0.1, 0.15) is 11.2 Å². The molecule has 0 amide bonds. The second-order valence-electron chi connectivity index (χ2n) is 13.7. The molecule has 0 aliphatic carbocycles. The van der Waals surface area contributed by atoms with E-state index in [9.17, 15) is 8.22 Å². The first-order valence-electron chi connectivity index (χ1n) is 23.3. The molecule has 266 valence electrons. The number of hydrogen-bond acceptors (Lipinski definition) is 4. The smallest absolute Gasteiger partial charge is 0.238 e. The van der Waals surface area contributed by atoms with Gasteiger partial charge in [-0.1, -0.05) is 145 Å². The summed E-state index contributed by atoms with van der Waals surface area (Å²) in [5.41, 5.74) is 4.79. The predicted octanol–water partition coefficient (Wildman–Crippen LogP) is 13.0. The van der Waals surface area contributed by atoms with Gasteiger partial charge in [-0.25, -0.2) is 4.98 Å². The van der Waals surface area contributed by atoms with E-state index in [1.54, 1.807) is 16.7 Å². The minimum absolute atomic E-state index is 0.00311. The highest BCUT2D eigenvalue weighted by Crippen LogP contribution is 2.42. The molecule has 6 heteroatoms. The van der Waals surface area contributed by atoms with Crippen LogP contribution in [0.2, 0.25) is 0 Å². The molecule has 6 nitrogen and oxygen atoms in total. The number of nitrogens with zero attached hydrogens (tertiary/aromatic N) is 5. The van der Waals surface area contributed by atoms with Crippen molar-refractivity contribution in [2.24, 2.45) is 0 Å². The Morgan fingerprint density at radius 3 is 1.53 bits per heavy atom. The Morgan fingerprint density at radius 1 is 0.404 bits per heavy atom. The van der Waals surface area contributed by atoms with Crippen molar-refractivity contribution in [1.82, 2.24) is 24.1 Å². The normalized spacial score (nSPS) is 14.3. The van der Waals surface area contributed by atoms with E-state index >= 15 is 0 Å². The first-order valence-corrected chi connectivity index (χ1v) is 18.3. The van der Waals surface area contributed by atoms with Crippen LogP contribution in [-0.2, 0) is 0 Å². The summed E-state index contributed by atoms with van der Waals surface area (Å²) in [5, 5.41) is 1.51. The minimum atomic E-state index is -0.556. The number of benzene rings is 8. The van der Waals surface area contributed by atoms with Crippen molar-refractivity contribution in [1.29, 1.82) is 0 Å². The molecule has 0 unspecified atom stereocenters. The lowest BCUT2D eigenvalue weighted by Gasteiger charge is -2.13. The Labute approximate surface area is 340 Å². The molecular formula is C51H31N5O. The van der Waals surface area contributed by atoms with Crippen LogP contribution in [0.4, 0.5) is 0 Å². The van der Waals surface area contributed by atoms with E-state index in [1.807, 2.05) is 115 Å². The fourth-order valence-electron chi connectivity index (χ4n) is 7.88. The van der Waals surface area contributed by atoms with Crippen molar-refractivity contribution in [2.45, 2.75) is 0 Å². The molecule has 12 rings (SSSR count). The van der Waals surface area contributed by atoms with Crippen LogP contribution >= 0.6 is 0 Å². The van der Waals surface area contributed by atoms with E-state index in [2.05, 4.69) is 0 Å². The first-order chi connectivity index (χ1) is 32.4. The highest BCUT2D eigenvalue weighted by Gasteiger charge is 2.24. The number of rotatable bonds is 5. The first kappa shape index (κ1) is 23.2. The van der Waals surface area contributed by atoms with Crippen LogP contribution in [0.3, 0.4) is 0 Å². The molecular weight excluding hydrogens is 699 g/mol. The van der Waals surface area contributed by atoms with E-state index in [0.717, 1.165) is 21.9 Å².